The topological polar surface area (TPSA) is 90.0 Å². The van der Waals surface area contributed by atoms with Crippen molar-refractivity contribution in [2.24, 2.45) is 0 Å². The number of aromatic nitrogens is 1. The van der Waals surface area contributed by atoms with E-state index < -0.39 is 6.29 Å². The SMILES string of the molecule is CCOC(CN(C(=O)Nc1ccc2cnccc2c1)c1ccc(CCC(=O)OC)cc1)OCC. The summed E-state index contributed by atoms with van der Waals surface area (Å²) in [4.78, 5) is 30.5. The number of carbonyl (C=O) groups is 2. The number of hydrogen-bond acceptors (Lipinski definition) is 6. The number of rotatable bonds is 11. The van der Waals surface area contributed by atoms with Crippen LogP contribution in [0.15, 0.2) is 60.9 Å². The van der Waals surface area contributed by atoms with E-state index in [2.05, 4.69) is 10.3 Å². The lowest BCUT2D eigenvalue weighted by Crippen LogP contribution is -2.42. The second-order valence-corrected chi connectivity index (χ2v) is 7.56. The second-order valence-electron chi connectivity index (χ2n) is 7.56. The van der Waals surface area contributed by atoms with E-state index in [1.165, 1.54) is 7.11 Å². The summed E-state index contributed by atoms with van der Waals surface area (Å²) in [6, 6.07) is 14.8. The zero-order chi connectivity index (χ0) is 24.3. The van der Waals surface area contributed by atoms with E-state index in [9.17, 15) is 9.59 Å². The number of amides is 2. The summed E-state index contributed by atoms with van der Waals surface area (Å²) >= 11 is 0. The number of carbonyl (C=O) groups excluding carboxylic acids is 2. The van der Waals surface area contributed by atoms with Gasteiger partial charge in [0.05, 0.1) is 13.7 Å². The smallest absolute Gasteiger partial charge is 0.326 e. The second kappa shape index (κ2) is 12.7. The molecule has 0 unspecified atom stereocenters. The molecule has 0 fully saturated rings. The number of nitrogens with zero attached hydrogens (tertiary/aromatic N) is 2. The Labute approximate surface area is 199 Å². The van der Waals surface area contributed by atoms with Crippen molar-refractivity contribution in [2.45, 2.75) is 33.0 Å². The minimum atomic E-state index is -0.567. The highest BCUT2D eigenvalue weighted by Gasteiger charge is 2.22. The van der Waals surface area contributed by atoms with Gasteiger partial charge in [-0.2, -0.15) is 0 Å². The van der Waals surface area contributed by atoms with Gasteiger partial charge in [-0.15, -0.1) is 0 Å². The van der Waals surface area contributed by atoms with Gasteiger partial charge in [0.25, 0.3) is 0 Å². The van der Waals surface area contributed by atoms with Crippen molar-refractivity contribution in [3.05, 3.63) is 66.5 Å². The fourth-order valence-electron chi connectivity index (χ4n) is 3.52. The molecule has 1 heterocycles. The third-order valence-corrected chi connectivity index (χ3v) is 5.27. The molecule has 8 nitrogen and oxygen atoms in total. The van der Waals surface area contributed by atoms with Crippen molar-refractivity contribution < 1.29 is 23.8 Å². The fourth-order valence-corrected chi connectivity index (χ4v) is 3.52. The first-order valence-corrected chi connectivity index (χ1v) is 11.3. The molecule has 0 atom stereocenters. The molecule has 0 spiro atoms. The van der Waals surface area contributed by atoms with Gasteiger partial charge in [-0.3, -0.25) is 14.7 Å². The summed E-state index contributed by atoms with van der Waals surface area (Å²) in [5.41, 5.74) is 2.34. The number of pyridine rings is 1. The fraction of sp³-hybridized carbons (Fsp3) is 0.346. The molecule has 0 aliphatic carbocycles. The van der Waals surface area contributed by atoms with Gasteiger partial charge in [0.2, 0.25) is 0 Å². The highest BCUT2D eigenvalue weighted by Crippen LogP contribution is 2.22. The van der Waals surface area contributed by atoms with Crippen LogP contribution >= 0.6 is 0 Å². The van der Waals surface area contributed by atoms with E-state index in [1.807, 2.05) is 62.4 Å². The van der Waals surface area contributed by atoms with Crippen LogP contribution in [0.2, 0.25) is 0 Å². The molecular formula is C26H31N3O5. The van der Waals surface area contributed by atoms with Gasteiger partial charge in [-0.05, 0) is 61.5 Å². The Morgan fingerprint density at radius 2 is 1.74 bits per heavy atom. The number of fused-ring (bicyclic) bond motifs is 1. The molecule has 1 aromatic heterocycles. The van der Waals surface area contributed by atoms with Crippen molar-refractivity contribution in [3.63, 3.8) is 0 Å². The molecule has 0 saturated heterocycles. The van der Waals surface area contributed by atoms with Gasteiger partial charge in [-0.25, -0.2) is 4.79 Å². The number of urea groups is 1. The zero-order valence-corrected chi connectivity index (χ0v) is 19.8. The predicted octanol–water partition coefficient (Wildman–Crippen LogP) is 4.78. The van der Waals surface area contributed by atoms with Gasteiger partial charge >= 0.3 is 12.0 Å². The molecule has 0 saturated carbocycles. The summed E-state index contributed by atoms with van der Waals surface area (Å²) < 4.78 is 16.1. The van der Waals surface area contributed by atoms with Crippen LogP contribution in [-0.2, 0) is 25.4 Å². The highest BCUT2D eigenvalue weighted by atomic mass is 16.7. The number of nitrogens with one attached hydrogen (secondary N) is 1. The largest absolute Gasteiger partial charge is 0.469 e. The molecule has 0 aliphatic heterocycles. The van der Waals surface area contributed by atoms with E-state index in [0.717, 1.165) is 16.3 Å². The Kier molecular flexibility index (Phi) is 9.37. The van der Waals surface area contributed by atoms with Crippen molar-refractivity contribution in [1.82, 2.24) is 4.98 Å². The minimum Gasteiger partial charge on any atom is -0.469 e. The minimum absolute atomic E-state index is 0.215. The van der Waals surface area contributed by atoms with E-state index in [4.69, 9.17) is 14.2 Å². The maximum atomic E-state index is 13.4. The highest BCUT2D eigenvalue weighted by molar-refractivity contribution is 6.02. The van der Waals surface area contributed by atoms with Gasteiger partial charge in [0, 0.05) is 48.8 Å². The van der Waals surface area contributed by atoms with Crippen molar-refractivity contribution in [1.29, 1.82) is 0 Å². The predicted molar refractivity (Wildman–Crippen MR) is 132 cm³/mol. The third kappa shape index (κ3) is 7.00. The third-order valence-electron chi connectivity index (χ3n) is 5.27. The van der Waals surface area contributed by atoms with Crippen molar-refractivity contribution in [2.75, 3.05) is 37.1 Å². The van der Waals surface area contributed by atoms with Crippen molar-refractivity contribution >= 4 is 34.1 Å². The quantitative estimate of drug-likeness (QED) is 0.324. The molecule has 3 aromatic rings. The Balaban J connectivity index is 1.81. The van der Waals surface area contributed by atoms with Crippen molar-refractivity contribution in [3.8, 4) is 0 Å². The summed E-state index contributed by atoms with van der Waals surface area (Å²) in [5.74, 6) is -0.257. The van der Waals surface area contributed by atoms with E-state index in [0.29, 0.717) is 37.4 Å². The van der Waals surface area contributed by atoms with Crippen LogP contribution in [0.4, 0.5) is 16.2 Å². The Bertz CT molecular complexity index is 1080. The first-order chi connectivity index (χ1) is 16.5. The van der Waals surface area contributed by atoms with Gasteiger partial charge in [-0.1, -0.05) is 18.2 Å². The number of methoxy groups -OCH3 is 1. The summed E-state index contributed by atoms with van der Waals surface area (Å²) in [6.45, 7) is 4.91. The number of aryl methyl sites for hydroxylation is 1. The lowest BCUT2D eigenvalue weighted by Gasteiger charge is -2.28. The van der Waals surface area contributed by atoms with Gasteiger partial charge in [0.15, 0.2) is 6.29 Å². The molecule has 180 valence electrons. The van der Waals surface area contributed by atoms with E-state index in [-0.39, 0.29) is 18.5 Å². The standard InChI is InChI=1S/C26H31N3O5/c1-4-33-25(34-5-2)18-29(23-11-6-19(7-12-23)8-13-24(30)32-3)26(31)28-22-10-9-21-17-27-15-14-20(21)16-22/h6-7,9-12,14-17,25H,4-5,8,13,18H2,1-3H3,(H,28,31). The normalized spacial score (nSPS) is 10.9. The van der Waals surface area contributed by atoms with Crippen LogP contribution in [0.1, 0.15) is 25.8 Å². The average Bonchev–Trinajstić information content (AvgIpc) is 2.86. The molecule has 34 heavy (non-hydrogen) atoms. The molecule has 1 N–H and O–H groups in total. The lowest BCUT2D eigenvalue weighted by molar-refractivity contribution is -0.140. The monoisotopic (exact) mass is 465 g/mol. The molecule has 0 bridgehead atoms. The molecule has 8 heteroatoms. The Morgan fingerprint density at radius 1 is 1.00 bits per heavy atom. The molecule has 2 aromatic carbocycles. The molecular weight excluding hydrogens is 434 g/mol. The maximum Gasteiger partial charge on any atom is 0.326 e. The molecule has 0 radical (unpaired) electrons. The van der Waals surface area contributed by atoms with Crippen LogP contribution in [0.5, 0.6) is 0 Å². The lowest BCUT2D eigenvalue weighted by atomic mass is 10.1. The summed E-state index contributed by atoms with van der Waals surface area (Å²) in [5, 5.41) is 4.95. The molecule has 0 aliphatic rings. The van der Waals surface area contributed by atoms with Gasteiger partial charge < -0.3 is 19.5 Å². The zero-order valence-electron chi connectivity index (χ0n) is 19.8. The summed E-state index contributed by atoms with van der Waals surface area (Å²) in [6.07, 6.45) is 3.79. The molecule has 3 rings (SSSR count). The first-order valence-electron chi connectivity index (χ1n) is 11.3. The number of ether oxygens (including phenoxy) is 3. The Hall–Kier alpha value is -3.49. The van der Waals surface area contributed by atoms with Crippen LogP contribution < -0.4 is 10.2 Å². The number of benzene rings is 2. The van der Waals surface area contributed by atoms with Crippen LogP contribution in [0.25, 0.3) is 10.8 Å². The number of anilines is 2. The van der Waals surface area contributed by atoms with Gasteiger partial charge in [0.1, 0.15) is 0 Å². The van der Waals surface area contributed by atoms with E-state index in [1.54, 1.807) is 17.3 Å². The maximum absolute atomic E-state index is 13.4. The van der Waals surface area contributed by atoms with Crippen LogP contribution in [0, 0.1) is 0 Å². The number of esters is 1. The summed E-state index contributed by atoms with van der Waals surface area (Å²) in [7, 11) is 1.38. The van der Waals surface area contributed by atoms with Crippen LogP contribution in [-0.4, -0.2) is 50.1 Å². The van der Waals surface area contributed by atoms with E-state index >= 15 is 0 Å². The Morgan fingerprint density at radius 3 is 2.41 bits per heavy atom. The average molecular weight is 466 g/mol. The molecule has 2 amide bonds. The first kappa shape index (κ1) is 25.1. The van der Waals surface area contributed by atoms with Crippen LogP contribution in [0.3, 0.4) is 0 Å². The number of hydrogen-bond donors (Lipinski definition) is 1.